The standard InChI is InChI=1S/C17H17N7OS/c1-10(13-6-19-23(2)7-13)20-16(25)14-5-12(9-26-14)11-3-4-15-21-17(18)22-24(15)8-11/h3-10H,1-2H3,(H2,18,22)(H,20,25). The van der Waals surface area contributed by atoms with Crippen molar-refractivity contribution in [3.8, 4) is 11.1 Å². The van der Waals surface area contributed by atoms with Gasteiger partial charge in [0, 0.05) is 30.6 Å². The molecule has 4 heterocycles. The summed E-state index contributed by atoms with van der Waals surface area (Å²) < 4.78 is 3.35. The van der Waals surface area contributed by atoms with Gasteiger partial charge in [0.2, 0.25) is 5.95 Å². The van der Waals surface area contributed by atoms with E-state index in [1.807, 2.05) is 49.9 Å². The van der Waals surface area contributed by atoms with Crippen molar-refractivity contribution in [3.63, 3.8) is 0 Å². The largest absolute Gasteiger partial charge is 0.366 e. The number of pyridine rings is 1. The molecule has 132 valence electrons. The van der Waals surface area contributed by atoms with Crippen LogP contribution in [0.1, 0.15) is 28.2 Å². The van der Waals surface area contributed by atoms with Crippen molar-refractivity contribution in [3.05, 3.63) is 52.6 Å². The van der Waals surface area contributed by atoms with Crippen LogP contribution in [0.3, 0.4) is 0 Å². The first kappa shape index (κ1) is 16.3. The molecule has 4 rings (SSSR count). The lowest BCUT2D eigenvalue weighted by Gasteiger charge is -2.10. The Labute approximate surface area is 153 Å². The molecule has 8 nitrogen and oxygen atoms in total. The number of carbonyl (C=O) groups excluding carboxylic acids is 1. The van der Waals surface area contributed by atoms with Crippen molar-refractivity contribution in [1.82, 2.24) is 29.7 Å². The highest BCUT2D eigenvalue weighted by atomic mass is 32.1. The third-order valence-corrected chi connectivity index (χ3v) is 5.01. The van der Waals surface area contributed by atoms with Crippen molar-refractivity contribution < 1.29 is 4.79 Å². The van der Waals surface area contributed by atoms with Crippen LogP contribution in [0.4, 0.5) is 5.95 Å². The maximum Gasteiger partial charge on any atom is 0.261 e. The highest BCUT2D eigenvalue weighted by Gasteiger charge is 2.15. The maximum atomic E-state index is 12.5. The molecule has 0 radical (unpaired) electrons. The predicted molar refractivity (Wildman–Crippen MR) is 99.8 cm³/mol. The van der Waals surface area contributed by atoms with Gasteiger partial charge in [0.1, 0.15) is 0 Å². The van der Waals surface area contributed by atoms with E-state index in [2.05, 4.69) is 20.5 Å². The second-order valence-corrected chi connectivity index (χ2v) is 6.94. The SMILES string of the molecule is CC(NC(=O)c1cc(-c2ccc3nc(N)nn3c2)cs1)c1cnn(C)c1. The zero-order valence-electron chi connectivity index (χ0n) is 14.2. The Balaban J connectivity index is 1.53. The van der Waals surface area contributed by atoms with E-state index in [0.29, 0.717) is 10.5 Å². The fraction of sp³-hybridized carbons (Fsp3) is 0.176. The molecule has 0 spiro atoms. The minimum absolute atomic E-state index is 0.108. The van der Waals surface area contributed by atoms with Crippen LogP contribution in [0.15, 0.2) is 42.2 Å². The second kappa shape index (κ2) is 6.26. The molecule has 0 bridgehead atoms. The van der Waals surface area contributed by atoms with Crippen LogP contribution < -0.4 is 11.1 Å². The Morgan fingerprint density at radius 3 is 2.92 bits per heavy atom. The summed E-state index contributed by atoms with van der Waals surface area (Å²) in [5.74, 6) is 0.126. The summed E-state index contributed by atoms with van der Waals surface area (Å²) in [5, 5.41) is 13.2. The van der Waals surface area contributed by atoms with Gasteiger partial charge in [-0.1, -0.05) is 0 Å². The summed E-state index contributed by atoms with van der Waals surface area (Å²) in [6.45, 7) is 1.94. The molecule has 1 unspecified atom stereocenters. The minimum Gasteiger partial charge on any atom is -0.366 e. The van der Waals surface area contributed by atoms with Gasteiger partial charge in [-0.15, -0.1) is 16.4 Å². The molecule has 9 heteroatoms. The maximum absolute atomic E-state index is 12.5. The number of amides is 1. The number of fused-ring (bicyclic) bond motifs is 1. The smallest absolute Gasteiger partial charge is 0.261 e. The van der Waals surface area contributed by atoms with Gasteiger partial charge >= 0.3 is 0 Å². The molecule has 0 saturated carbocycles. The Kier molecular flexibility index (Phi) is 3.92. The first-order valence-corrected chi connectivity index (χ1v) is 8.88. The molecule has 0 aliphatic carbocycles. The summed E-state index contributed by atoms with van der Waals surface area (Å²) in [6, 6.07) is 5.54. The highest BCUT2D eigenvalue weighted by molar-refractivity contribution is 7.12. The third-order valence-electron chi connectivity index (χ3n) is 4.08. The van der Waals surface area contributed by atoms with Crippen LogP contribution >= 0.6 is 11.3 Å². The van der Waals surface area contributed by atoms with E-state index in [9.17, 15) is 4.79 Å². The number of aromatic nitrogens is 5. The number of carbonyl (C=O) groups is 1. The fourth-order valence-corrected chi connectivity index (χ4v) is 3.51. The topological polar surface area (TPSA) is 103 Å². The lowest BCUT2D eigenvalue weighted by molar-refractivity contribution is 0.0944. The Morgan fingerprint density at radius 2 is 2.15 bits per heavy atom. The number of nitrogens with two attached hydrogens (primary N) is 1. The molecule has 1 atom stereocenters. The van der Waals surface area contributed by atoms with Crippen molar-refractivity contribution in [2.45, 2.75) is 13.0 Å². The van der Waals surface area contributed by atoms with E-state index in [4.69, 9.17) is 5.73 Å². The number of hydrogen-bond donors (Lipinski definition) is 2. The van der Waals surface area contributed by atoms with Gasteiger partial charge in [-0.2, -0.15) is 10.1 Å². The molecular weight excluding hydrogens is 350 g/mol. The van der Waals surface area contributed by atoms with Crippen LogP contribution in [-0.2, 0) is 7.05 Å². The van der Waals surface area contributed by atoms with Gasteiger partial charge in [0.15, 0.2) is 5.65 Å². The van der Waals surface area contributed by atoms with Crippen LogP contribution in [0.2, 0.25) is 0 Å². The molecule has 0 aliphatic rings. The van der Waals surface area contributed by atoms with Gasteiger partial charge < -0.3 is 11.1 Å². The summed E-state index contributed by atoms with van der Waals surface area (Å²) in [7, 11) is 1.85. The summed E-state index contributed by atoms with van der Waals surface area (Å²) in [5.41, 5.74) is 9.16. The van der Waals surface area contributed by atoms with Gasteiger partial charge in [-0.05, 0) is 36.1 Å². The molecule has 0 saturated heterocycles. The first-order valence-electron chi connectivity index (χ1n) is 8.00. The lowest BCUT2D eigenvalue weighted by Crippen LogP contribution is -2.25. The number of aryl methyl sites for hydroxylation is 1. The normalized spacial score (nSPS) is 12.4. The summed E-state index contributed by atoms with van der Waals surface area (Å²) >= 11 is 1.40. The van der Waals surface area contributed by atoms with E-state index >= 15 is 0 Å². The van der Waals surface area contributed by atoms with E-state index in [-0.39, 0.29) is 17.9 Å². The van der Waals surface area contributed by atoms with Crippen LogP contribution in [0.5, 0.6) is 0 Å². The van der Waals surface area contributed by atoms with E-state index in [0.717, 1.165) is 16.7 Å². The number of nitrogens with zero attached hydrogens (tertiary/aromatic N) is 5. The third kappa shape index (κ3) is 3.04. The Morgan fingerprint density at radius 1 is 1.31 bits per heavy atom. The number of thiophene rings is 1. The number of hydrogen-bond acceptors (Lipinski definition) is 6. The predicted octanol–water partition coefficient (Wildman–Crippen LogP) is 2.26. The molecule has 4 aromatic rings. The zero-order chi connectivity index (χ0) is 18.3. The Hall–Kier alpha value is -3.20. The fourth-order valence-electron chi connectivity index (χ4n) is 2.69. The number of rotatable bonds is 4. The molecule has 1 amide bonds. The van der Waals surface area contributed by atoms with Crippen LogP contribution in [0.25, 0.3) is 16.8 Å². The van der Waals surface area contributed by atoms with E-state index < -0.39 is 0 Å². The molecule has 0 fully saturated rings. The average molecular weight is 367 g/mol. The van der Waals surface area contributed by atoms with Crippen LogP contribution in [-0.4, -0.2) is 30.3 Å². The Bertz CT molecular complexity index is 1090. The van der Waals surface area contributed by atoms with E-state index in [1.54, 1.807) is 15.4 Å². The summed E-state index contributed by atoms with van der Waals surface area (Å²) in [6.07, 6.45) is 5.49. The molecule has 0 aliphatic heterocycles. The van der Waals surface area contributed by atoms with Crippen molar-refractivity contribution in [1.29, 1.82) is 0 Å². The first-order chi connectivity index (χ1) is 12.5. The molecule has 26 heavy (non-hydrogen) atoms. The molecule has 4 aromatic heterocycles. The van der Waals surface area contributed by atoms with Crippen molar-refractivity contribution >= 4 is 28.8 Å². The number of nitrogens with one attached hydrogen (secondary N) is 1. The van der Waals surface area contributed by atoms with Crippen molar-refractivity contribution in [2.24, 2.45) is 7.05 Å². The monoisotopic (exact) mass is 367 g/mol. The van der Waals surface area contributed by atoms with Gasteiger partial charge in [-0.25, -0.2) is 4.52 Å². The molecule has 3 N–H and O–H groups in total. The van der Waals surface area contributed by atoms with E-state index in [1.165, 1.54) is 11.3 Å². The lowest BCUT2D eigenvalue weighted by atomic mass is 10.1. The summed E-state index contributed by atoms with van der Waals surface area (Å²) in [4.78, 5) is 17.3. The minimum atomic E-state index is -0.115. The molecular formula is C17H17N7OS. The van der Waals surface area contributed by atoms with Gasteiger partial charge in [0.25, 0.3) is 5.91 Å². The quantitative estimate of drug-likeness (QED) is 0.576. The van der Waals surface area contributed by atoms with Crippen molar-refractivity contribution in [2.75, 3.05) is 5.73 Å². The second-order valence-electron chi connectivity index (χ2n) is 6.03. The van der Waals surface area contributed by atoms with Gasteiger partial charge in [-0.3, -0.25) is 9.48 Å². The van der Waals surface area contributed by atoms with Crippen LogP contribution in [0, 0.1) is 0 Å². The van der Waals surface area contributed by atoms with Gasteiger partial charge in [0.05, 0.1) is 17.1 Å². The number of anilines is 1. The molecule has 0 aromatic carbocycles. The number of nitrogen functional groups attached to an aromatic ring is 1. The highest BCUT2D eigenvalue weighted by Crippen LogP contribution is 2.26. The zero-order valence-corrected chi connectivity index (χ0v) is 15.1. The average Bonchev–Trinajstić information content (AvgIpc) is 3.31.